The van der Waals surface area contributed by atoms with E-state index in [1.807, 2.05) is 0 Å². The highest BCUT2D eigenvalue weighted by Crippen LogP contribution is 2.37. The van der Waals surface area contributed by atoms with Crippen LogP contribution in [0.25, 0.3) is 10.1 Å². The second-order valence-electron chi connectivity index (χ2n) is 6.01. The molecule has 3 heterocycles. The van der Waals surface area contributed by atoms with E-state index in [-0.39, 0.29) is 29.6 Å². The van der Waals surface area contributed by atoms with Crippen LogP contribution >= 0.6 is 22.9 Å². The van der Waals surface area contributed by atoms with E-state index in [0.717, 1.165) is 10.1 Å². The Morgan fingerprint density at radius 2 is 2.20 bits per heavy atom. The molecule has 0 amide bonds. The smallest absolute Gasteiger partial charge is 0.260 e. The zero-order valence-corrected chi connectivity index (χ0v) is 15.5. The lowest BCUT2D eigenvalue weighted by atomic mass is 10.0. The van der Waals surface area contributed by atoms with Crippen molar-refractivity contribution < 1.29 is 18.0 Å². The van der Waals surface area contributed by atoms with E-state index in [1.54, 1.807) is 31.2 Å². The van der Waals surface area contributed by atoms with Gasteiger partial charge in [0.15, 0.2) is 11.4 Å². The summed E-state index contributed by atoms with van der Waals surface area (Å²) in [7, 11) is -3.73. The highest BCUT2D eigenvalue weighted by molar-refractivity contribution is 7.91. The van der Waals surface area contributed by atoms with Gasteiger partial charge in [-0.3, -0.25) is 0 Å². The number of rotatable bonds is 3. The van der Waals surface area contributed by atoms with E-state index in [1.165, 1.54) is 15.6 Å². The number of β-amino-alcohol motifs (C(OH)–C–C–N with tert-alkyl or cyclic N) is 1. The highest BCUT2D eigenvalue weighted by atomic mass is 35.5. The van der Waals surface area contributed by atoms with Crippen LogP contribution in [0.15, 0.2) is 33.0 Å². The summed E-state index contributed by atoms with van der Waals surface area (Å²) in [5, 5.41) is 15.7. The number of benzene rings is 1. The van der Waals surface area contributed by atoms with Crippen LogP contribution in [-0.4, -0.2) is 41.1 Å². The van der Waals surface area contributed by atoms with Crippen molar-refractivity contribution in [3.63, 3.8) is 0 Å². The molecule has 10 heteroatoms. The molecule has 25 heavy (non-hydrogen) atoms. The largest absolute Gasteiger partial charge is 0.379 e. The van der Waals surface area contributed by atoms with Gasteiger partial charge in [0.1, 0.15) is 4.21 Å². The number of thiophene rings is 1. The third kappa shape index (κ3) is 2.85. The van der Waals surface area contributed by atoms with Crippen molar-refractivity contribution in [2.24, 2.45) is 0 Å². The molecule has 0 spiro atoms. The molecule has 0 saturated carbocycles. The molecular formula is C15H14ClN3O4S2. The third-order valence-corrected chi connectivity index (χ3v) is 7.83. The Hall–Kier alpha value is -1.52. The van der Waals surface area contributed by atoms with Crippen molar-refractivity contribution in [2.45, 2.75) is 23.2 Å². The first-order valence-corrected chi connectivity index (χ1v) is 10.1. The van der Waals surface area contributed by atoms with E-state index in [4.69, 9.17) is 16.1 Å². The zero-order valence-electron chi connectivity index (χ0n) is 13.1. The molecule has 0 bridgehead atoms. The average molecular weight is 400 g/mol. The van der Waals surface area contributed by atoms with Crippen LogP contribution in [0.4, 0.5) is 0 Å². The van der Waals surface area contributed by atoms with Crippen molar-refractivity contribution in [3.05, 3.63) is 41.0 Å². The third-order valence-electron chi connectivity index (χ3n) is 4.19. The number of aliphatic hydroxyl groups is 1. The molecule has 0 radical (unpaired) electrons. The summed E-state index contributed by atoms with van der Waals surface area (Å²) in [5.41, 5.74) is -1.46. The minimum Gasteiger partial charge on any atom is -0.379 e. The average Bonchev–Trinajstić information content (AvgIpc) is 3.25. The van der Waals surface area contributed by atoms with Gasteiger partial charge < -0.3 is 9.63 Å². The molecule has 7 nitrogen and oxygen atoms in total. The number of nitrogens with zero attached hydrogens (tertiary/aromatic N) is 3. The van der Waals surface area contributed by atoms with Gasteiger partial charge >= 0.3 is 0 Å². The van der Waals surface area contributed by atoms with Gasteiger partial charge in [0.05, 0.1) is 6.54 Å². The van der Waals surface area contributed by atoms with Gasteiger partial charge in [-0.15, -0.1) is 11.3 Å². The minimum atomic E-state index is -3.73. The first-order chi connectivity index (χ1) is 11.8. The molecule has 3 aromatic rings. The molecule has 1 atom stereocenters. The Morgan fingerprint density at radius 3 is 2.92 bits per heavy atom. The summed E-state index contributed by atoms with van der Waals surface area (Å²) in [6.45, 7) is 1.70. The molecule has 1 fully saturated rings. The maximum atomic E-state index is 12.9. The van der Waals surface area contributed by atoms with Crippen molar-refractivity contribution in [3.8, 4) is 0 Å². The molecule has 1 aromatic carbocycles. The first kappa shape index (κ1) is 16.9. The SMILES string of the molecule is Cc1noc([C@@]2(O)CCN(S(=O)(=O)c3cc4cc(Cl)ccc4s3)C2)n1. The summed E-state index contributed by atoms with van der Waals surface area (Å²) >= 11 is 7.14. The minimum absolute atomic E-state index is 0.0471. The van der Waals surface area contributed by atoms with Crippen LogP contribution in [0.3, 0.4) is 0 Å². The number of hydrogen-bond acceptors (Lipinski definition) is 7. The Morgan fingerprint density at radius 1 is 1.40 bits per heavy atom. The van der Waals surface area contributed by atoms with Crippen molar-refractivity contribution in [1.29, 1.82) is 0 Å². The highest BCUT2D eigenvalue weighted by Gasteiger charge is 2.47. The lowest BCUT2D eigenvalue weighted by Crippen LogP contribution is -2.34. The second-order valence-corrected chi connectivity index (χ2v) is 9.70. The van der Waals surface area contributed by atoms with Gasteiger partial charge in [-0.25, -0.2) is 8.42 Å². The number of fused-ring (bicyclic) bond motifs is 1. The van der Waals surface area contributed by atoms with E-state index >= 15 is 0 Å². The maximum Gasteiger partial charge on any atom is 0.260 e. The predicted octanol–water partition coefficient (Wildman–Crippen LogP) is 2.53. The molecular weight excluding hydrogens is 386 g/mol. The fourth-order valence-corrected chi connectivity index (χ4v) is 6.08. The van der Waals surface area contributed by atoms with Crippen LogP contribution < -0.4 is 0 Å². The second kappa shape index (κ2) is 5.75. The summed E-state index contributed by atoms with van der Waals surface area (Å²) in [6, 6.07) is 6.86. The van der Waals surface area contributed by atoms with Gasteiger partial charge in [-0.2, -0.15) is 9.29 Å². The van der Waals surface area contributed by atoms with E-state index in [2.05, 4.69) is 10.1 Å². The molecule has 1 aliphatic heterocycles. The molecule has 1 aliphatic rings. The molecule has 1 saturated heterocycles. The number of aryl methyl sites for hydroxylation is 1. The number of hydrogen-bond donors (Lipinski definition) is 1. The Labute approximate surface area is 152 Å². The van der Waals surface area contributed by atoms with Gasteiger partial charge in [0.2, 0.25) is 0 Å². The normalized spacial score (nSPS) is 22.0. The van der Waals surface area contributed by atoms with E-state index < -0.39 is 15.6 Å². The van der Waals surface area contributed by atoms with Crippen LogP contribution in [-0.2, 0) is 15.6 Å². The Bertz CT molecular complexity index is 1060. The number of sulfonamides is 1. The van der Waals surface area contributed by atoms with Crippen molar-refractivity contribution in [2.75, 3.05) is 13.1 Å². The van der Waals surface area contributed by atoms with Crippen LogP contribution in [0.2, 0.25) is 5.02 Å². The van der Waals surface area contributed by atoms with Crippen LogP contribution in [0.1, 0.15) is 18.1 Å². The Kier molecular flexibility index (Phi) is 3.89. The lowest BCUT2D eigenvalue weighted by Gasteiger charge is -2.18. The van der Waals surface area contributed by atoms with Gasteiger partial charge in [-0.05, 0) is 36.6 Å². The molecule has 4 rings (SSSR count). The summed E-state index contributed by atoms with van der Waals surface area (Å²) in [4.78, 5) is 4.04. The van der Waals surface area contributed by atoms with Gasteiger partial charge in [0.25, 0.3) is 15.9 Å². The molecule has 132 valence electrons. The fraction of sp³-hybridized carbons (Fsp3) is 0.333. The topological polar surface area (TPSA) is 96.5 Å². The molecule has 0 aliphatic carbocycles. The lowest BCUT2D eigenvalue weighted by molar-refractivity contribution is 0.0194. The molecule has 0 unspecified atom stereocenters. The quantitative estimate of drug-likeness (QED) is 0.726. The molecule has 2 aromatic heterocycles. The Balaban J connectivity index is 1.66. The summed E-state index contributed by atoms with van der Waals surface area (Å²) in [6.07, 6.45) is 0.199. The fourth-order valence-electron chi connectivity index (χ4n) is 2.87. The zero-order chi connectivity index (χ0) is 17.8. The maximum absolute atomic E-state index is 12.9. The van der Waals surface area contributed by atoms with E-state index in [9.17, 15) is 13.5 Å². The predicted molar refractivity (Wildman–Crippen MR) is 93.1 cm³/mol. The summed E-state index contributed by atoms with van der Waals surface area (Å²) < 4.78 is 33.2. The monoisotopic (exact) mass is 399 g/mol. The van der Waals surface area contributed by atoms with Crippen LogP contribution in [0, 0.1) is 6.92 Å². The van der Waals surface area contributed by atoms with E-state index in [0.29, 0.717) is 10.8 Å². The van der Waals surface area contributed by atoms with Gasteiger partial charge in [-0.1, -0.05) is 16.8 Å². The van der Waals surface area contributed by atoms with Crippen LogP contribution in [0.5, 0.6) is 0 Å². The molecule has 1 N–H and O–H groups in total. The van der Waals surface area contributed by atoms with Crippen molar-refractivity contribution in [1.82, 2.24) is 14.4 Å². The summed E-state index contributed by atoms with van der Waals surface area (Å²) in [5.74, 6) is 0.442. The standard InChI is InChI=1S/C15H14ClN3O4S2/c1-9-17-14(23-18-9)15(20)4-5-19(8-15)25(21,22)13-7-10-6-11(16)2-3-12(10)24-13/h2-3,6-7,20H,4-5,8H2,1H3/t15-/m1/s1. The first-order valence-electron chi connectivity index (χ1n) is 7.50. The van der Waals surface area contributed by atoms with Gasteiger partial charge in [0, 0.05) is 22.7 Å². The number of halogens is 1. The van der Waals surface area contributed by atoms with Crippen molar-refractivity contribution >= 4 is 43.0 Å². The number of aromatic nitrogens is 2.